The molecule has 2 heterocycles. The second-order valence-electron chi connectivity index (χ2n) is 7.86. The number of nitrogens with one attached hydrogen (secondary N) is 2. The molecule has 1 aliphatic heterocycles. The van der Waals surface area contributed by atoms with Gasteiger partial charge in [0.15, 0.2) is 5.69 Å². The summed E-state index contributed by atoms with van der Waals surface area (Å²) in [4.78, 5) is 13.1. The van der Waals surface area contributed by atoms with Crippen LogP contribution in [0.2, 0.25) is 0 Å². The minimum Gasteiger partial charge on any atom is -0.343 e. The summed E-state index contributed by atoms with van der Waals surface area (Å²) in [5.41, 5.74) is 2.52. The largest absolute Gasteiger partial charge is 0.343 e. The van der Waals surface area contributed by atoms with Crippen LogP contribution in [0.15, 0.2) is 30.3 Å². The van der Waals surface area contributed by atoms with Crippen molar-refractivity contribution in [1.82, 2.24) is 25.6 Å². The van der Waals surface area contributed by atoms with Crippen molar-refractivity contribution in [3.05, 3.63) is 47.3 Å². The highest BCUT2D eigenvalue weighted by Gasteiger charge is 2.30. The molecule has 2 N–H and O–H groups in total. The van der Waals surface area contributed by atoms with E-state index in [0.717, 1.165) is 31.6 Å². The van der Waals surface area contributed by atoms with Gasteiger partial charge in [0.1, 0.15) is 0 Å². The average Bonchev–Trinajstić information content (AvgIpc) is 3.37. The minimum absolute atomic E-state index is 0.0460. The number of hydrogen-bond acceptors (Lipinski definition) is 4. The van der Waals surface area contributed by atoms with Gasteiger partial charge in [-0.15, -0.1) is 5.10 Å². The molecule has 0 radical (unpaired) electrons. The van der Waals surface area contributed by atoms with Crippen molar-refractivity contribution in [3.63, 3.8) is 0 Å². The summed E-state index contributed by atoms with van der Waals surface area (Å²) >= 11 is 0. The molecule has 0 bridgehead atoms. The molecule has 6 heteroatoms. The summed E-state index contributed by atoms with van der Waals surface area (Å²) < 4.78 is 1.95. The third-order valence-corrected chi connectivity index (χ3v) is 6.11. The highest BCUT2D eigenvalue weighted by Crippen LogP contribution is 2.36. The van der Waals surface area contributed by atoms with Crippen LogP contribution >= 0.6 is 0 Å². The summed E-state index contributed by atoms with van der Waals surface area (Å²) in [5, 5.41) is 15.2. The molecule has 27 heavy (non-hydrogen) atoms. The number of carbonyl (C=O) groups is 1. The van der Waals surface area contributed by atoms with Crippen molar-refractivity contribution < 1.29 is 4.79 Å². The fourth-order valence-electron chi connectivity index (χ4n) is 4.58. The van der Waals surface area contributed by atoms with Gasteiger partial charge in [0, 0.05) is 0 Å². The van der Waals surface area contributed by atoms with Gasteiger partial charge in [0.25, 0.3) is 5.91 Å². The van der Waals surface area contributed by atoms with Crippen LogP contribution in [0, 0.1) is 12.8 Å². The lowest BCUT2D eigenvalue weighted by atomic mass is 9.91. The van der Waals surface area contributed by atoms with Crippen LogP contribution in [-0.4, -0.2) is 34.0 Å². The topological polar surface area (TPSA) is 71.8 Å². The molecule has 2 aliphatic rings. The lowest BCUT2D eigenvalue weighted by molar-refractivity contribution is 0.0916. The van der Waals surface area contributed by atoms with Crippen molar-refractivity contribution in [2.45, 2.75) is 57.5 Å². The molecule has 2 fully saturated rings. The number of rotatable bonds is 5. The third kappa shape index (κ3) is 3.90. The number of benzene rings is 1. The molecule has 1 unspecified atom stereocenters. The van der Waals surface area contributed by atoms with Crippen molar-refractivity contribution in [3.8, 4) is 0 Å². The fourth-order valence-corrected chi connectivity index (χ4v) is 4.58. The summed E-state index contributed by atoms with van der Waals surface area (Å²) in [6.45, 7) is 3.94. The number of carbonyl (C=O) groups excluding carboxylic acids is 1. The molecule has 1 aliphatic carbocycles. The van der Waals surface area contributed by atoms with E-state index in [-0.39, 0.29) is 11.9 Å². The first-order valence-corrected chi connectivity index (χ1v) is 10.2. The molecule has 0 spiro atoms. The van der Waals surface area contributed by atoms with E-state index in [0.29, 0.717) is 17.7 Å². The molecule has 2 aromatic rings. The predicted octanol–water partition coefficient (Wildman–Crippen LogP) is 3.17. The first kappa shape index (κ1) is 18.2. The molecular formula is C21H29N5O. The van der Waals surface area contributed by atoms with Gasteiger partial charge in [0.05, 0.1) is 17.8 Å². The van der Waals surface area contributed by atoms with Gasteiger partial charge in [-0.1, -0.05) is 48.4 Å². The molecule has 144 valence electrons. The highest BCUT2D eigenvalue weighted by molar-refractivity contribution is 5.93. The highest BCUT2D eigenvalue weighted by atomic mass is 16.2. The van der Waals surface area contributed by atoms with Gasteiger partial charge in [-0.2, -0.15) is 0 Å². The Kier molecular flexibility index (Phi) is 5.53. The van der Waals surface area contributed by atoms with Gasteiger partial charge < -0.3 is 10.6 Å². The Morgan fingerprint density at radius 1 is 1.15 bits per heavy atom. The van der Waals surface area contributed by atoms with E-state index in [9.17, 15) is 4.79 Å². The smallest absolute Gasteiger partial charge is 0.274 e. The van der Waals surface area contributed by atoms with Crippen molar-refractivity contribution in [2.24, 2.45) is 5.92 Å². The number of aromatic nitrogens is 3. The molecule has 1 atom stereocenters. The van der Waals surface area contributed by atoms with Gasteiger partial charge >= 0.3 is 0 Å². The zero-order valence-corrected chi connectivity index (χ0v) is 16.0. The minimum atomic E-state index is -0.103. The monoisotopic (exact) mass is 367 g/mol. The maximum Gasteiger partial charge on any atom is 0.274 e. The second kappa shape index (κ2) is 8.21. The number of amides is 1. The molecule has 1 saturated carbocycles. The van der Waals surface area contributed by atoms with Crippen LogP contribution in [0.1, 0.15) is 72.4 Å². The van der Waals surface area contributed by atoms with E-state index in [1.54, 1.807) is 0 Å². The first-order chi connectivity index (χ1) is 13.2. The van der Waals surface area contributed by atoms with E-state index in [2.05, 4.69) is 33.1 Å². The molecule has 1 aromatic heterocycles. The van der Waals surface area contributed by atoms with Crippen LogP contribution in [0.5, 0.6) is 0 Å². The summed E-state index contributed by atoms with van der Waals surface area (Å²) in [6.07, 6.45) is 6.88. The Morgan fingerprint density at radius 3 is 2.56 bits per heavy atom. The zero-order chi connectivity index (χ0) is 18.6. The third-order valence-electron chi connectivity index (χ3n) is 6.11. The summed E-state index contributed by atoms with van der Waals surface area (Å²) in [6, 6.07) is 10.7. The van der Waals surface area contributed by atoms with Crippen LogP contribution in [0.3, 0.4) is 0 Å². The standard InChI is InChI=1S/C21H29N5O/c1-15-19(24-25-26(15)18-11-13-22-14-12-18)21(27)23-20(17-9-5-6-10-17)16-7-3-2-4-8-16/h2-4,7-8,17-18,20,22H,5-6,9-14H2,1H3,(H,23,27). The van der Waals surface area contributed by atoms with Crippen molar-refractivity contribution in [2.75, 3.05) is 13.1 Å². The van der Waals surface area contributed by atoms with Gasteiger partial charge in [0.2, 0.25) is 0 Å². The molecule has 6 nitrogen and oxygen atoms in total. The zero-order valence-electron chi connectivity index (χ0n) is 16.0. The Balaban J connectivity index is 1.53. The molecule has 1 aromatic carbocycles. The van der Waals surface area contributed by atoms with E-state index < -0.39 is 0 Å². The van der Waals surface area contributed by atoms with Gasteiger partial charge in [-0.3, -0.25) is 4.79 Å². The van der Waals surface area contributed by atoms with E-state index in [4.69, 9.17) is 0 Å². The molecule has 1 amide bonds. The quantitative estimate of drug-likeness (QED) is 0.851. The summed E-state index contributed by atoms with van der Waals surface area (Å²) in [5.74, 6) is 0.393. The maximum absolute atomic E-state index is 13.1. The van der Waals surface area contributed by atoms with E-state index in [1.807, 2.05) is 29.8 Å². The van der Waals surface area contributed by atoms with Crippen molar-refractivity contribution in [1.29, 1.82) is 0 Å². The molecule has 1 saturated heterocycles. The van der Waals surface area contributed by atoms with Crippen LogP contribution < -0.4 is 10.6 Å². The number of nitrogens with zero attached hydrogens (tertiary/aromatic N) is 3. The van der Waals surface area contributed by atoms with E-state index in [1.165, 1.54) is 31.2 Å². The molecular weight excluding hydrogens is 338 g/mol. The van der Waals surface area contributed by atoms with Crippen molar-refractivity contribution >= 4 is 5.91 Å². The first-order valence-electron chi connectivity index (χ1n) is 10.2. The summed E-state index contributed by atoms with van der Waals surface area (Å²) in [7, 11) is 0. The average molecular weight is 367 g/mol. The Hall–Kier alpha value is -2.21. The number of piperidine rings is 1. The Morgan fingerprint density at radius 2 is 1.85 bits per heavy atom. The second-order valence-corrected chi connectivity index (χ2v) is 7.86. The van der Waals surface area contributed by atoms with Crippen LogP contribution in [0.25, 0.3) is 0 Å². The van der Waals surface area contributed by atoms with Gasteiger partial charge in [-0.05, 0) is 57.2 Å². The SMILES string of the molecule is Cc1c(C(=O)NC(c2ccccc2)C2CCCC2)nnn1C1CCNCC1. The maximum atomic E-state index is 13.1. The lowest BCUT2D eigenvalue weighted by Gasteiger charge is -2.25. The van der Waals surface area contributed by atoms with E-state index >= 15 is 0 Å². The predicted molar refractivity (Wildman–Crippen MR) is 105 cm³/mol. The number of hydrogen-bond donors (Lipinski definition) is 2. The van der Waals surface area contributed by atoms with Crippen LogP contribution in [0.4, 0.5) is 0 Å². The van der Waals surface area contributed by atoms with Crippen LogP contribution in [-0.2, 0) is 0 Å². The van der Waals surface area contributed by atoms with Gasteiger partial charge in [-0.25, -0.2) is 4.68 Å². The fraction of sp³-hybridized carbons (Fsp3) is 0.571. The lowest BCUT2D eigenvalue weighted by Crippen LogP contribution is -2.33. The normalized spacial score (nSPS) is 19.9. The Bertz CT molecular complexity index is 760. The molecule has 4 rings (SSSR count). The Labute approximate surface area is 160 Å².